The Hall–Kier alpha value is -1.07. The van der Waals surface area contributed by atoms with Crippen molar-refractivity contribution in [3.63, 3.8) is 0 Å². The molecule has 1 heterocycles. The summed E-state index contributed by atoms with van der Waals surface area (Å²) in [5, 5.41) is 15.9. The first kappa shape index (κ1) is 12.4. The van der Waals surface area contributed by atoms with E-state index >= 15 is 0 Å². The SMILES string of the molecule is CC(=O)Nc1c(O)ccc(Br)c1C1CCCN1. The number of benzene rings is 1. The highest BCUT2D eigenvalue weighted by Gasteiger charge is 2.24. The third kappa shape index (κ3) is 2.61. The smallest absolute Gasteiger partial charge is 0.221 e. The summed E-state index contributed by atoms with van der Waals surface area (Å²) in [6.45, 7) is 2.40. The van der Waals surface area contributed by atoms with Crippen molar-refractivity contribution in [3.8, 4) is 5.75 Å². The van der Waals surface area contributed by atoms with Gasteiger partial charge < -0.3 is 15.7 Å². The second-order valence-electron chi connectivity index (χ2n) is 4.19. The van der Waals surface area contributed by atoms with Gasteiger partial charge in [-0.1, -0.05) is 15.9 Å². The summed E-state index contributed by atoms with van der Waals surface area (Å²) < 4.78 is 0.901. The van der Waals surface area contributed by atoms with Crippen molar-refractivity contribution in [1.29, 1.82) is 0 Å². The zero-order valence-electron chi connectivity index (χ0n) is 9.59. The number of halogens is 1. The van der Waals surface area contributed by atoms with Gasteiger partial charge in [0.1, 0.15) is 5.75 Å². The summed E-state index contributed by atoms with van der Waals surface area (Å²) in [6.07, 6.45) is 2.11. The number of hydrogen-bond acceptors (Lipinski definition) is 3. The van der Waals surface area contributed by atoms with Gasteiger partial charge in [-0.05, 0) is 31.5 Å². The maximum atomic E-state index is 11.2. The molecule has 5 heteroatoms. The Balaban J connectivity index is 2.45. The largest absolute Gasteiger partial charge is 0.506 e. The summed E-state index contributed by atoms with van der Waals surface area (Å²) in [4.78, 5) is 11.2. The lowest BCUT2D eigenvalue weighted by Gasteiger charge is -2.19. The molecular weight excluding hydrogens is 284 g/mol. The summed E-state index contributed by atoms with van der Waals surface area (Å²) in [5.41, 5.74) is 1.43. The van der Waals surface area contributed by atoms with E-state index in [4.69, 9.17) is 0 Å². The van der Waals surface area contributed by atoms with Gasteiger partial charge in [-0.3, -0.25) is 4.79 Å². The van der Waals surface area contributed by atoms with Crippen molar-refractivity contribution < 1.29 is 9.90 Å². The molecule has 1 atom stereocenters. The van der Waals surface area contributed by atoms with E-state index in [1.165, 1.54) is 6.92 Å². The van der Waals surface area contributed by atoms with E-state index in [9.17, 15) is 9.90 Å². The fourth-order valence-electron chi connectivity index (χ4n) is 2.16. The van der Waals surface area contributed by atoms with Crippen LogP contribution in [0.25, 0.3) is 0 Å². The molecule has 1 aromatic carbocycles. The third-order valence-corrected chi connectivity index (χ3v) is 3.57. The summed E-state index contributed by atoms with van der Waals surface area (Å²) in [6, 6.07) is 3.56. The van der Waals surface area contributed by atoms with Crippen LogP contribution in [0.4, 0.5) is 5.69 Å². The number of phenolic OH excluding ortho intramolecular Hbond substituents is 1. The molecule has 1 unspecified atom stereocenters. The molecule has 1 aliphatic rings. The highest BCUT2D eigenvalue weighted by molar-refractivity contribution is 9.10. The number of hydrogen-bond donors (Lipinski definition) is 3. The second-order valence-corrected chi connectivity index (χ2v) is 5.04. The summed E-state index contributed by atoms with van der Waals surface area (Å²) in [5.74, 6) is -0.0789. The van der Waals surface area contributed by atoms with Crippen molar-refractivity contribution in [2.45, 2.75) is 25.8 Å². The maximum absolute atomic E-state index is 11.2. The van der Waals surface area contributed by atoms with Crippen LogP contribution in [-0.2, 0) is 4.79 Å². The van der Waals surface area contributed by atoms with Crippen molar-refractivity contribution >= 4 is 27.5 Å². The average Bonchev–Trinajstić information content (AvgIpc) is 2.76. The molecule has 4 nitrogen and oxygen atoms in total. The van der Waals surface area contributed by atoms with E-state index in [0.29, 0.717) is 5.69 Å². The van der Waals surface area contributed by atoms with E-state index in [2.05, 4.69) is 26.6 Å². The van der Waals surface area contributed by atoms with Gasteiger partial charge in [0.25, 0.3) is 0 Å². The number of anilines is 1. The predicted octanol–water partition coefficient (Wildman–Crippen LogP) is 2.54. The van der Waals surface area contributed by atoms with Crippen LogP contribution in [0.2, 0.25) is 0 Å². The average molecular weight is 299 g/mol. The van der Waals surface area contributed by atoms with Gasteiger partial charge in [0.15, 0.2) is 0 Å². The minimum atomic E-state index is -0.183. The molecule has 17 heavy (non-hydrogen) atoms. The van der Waals surface area contributed by atoms with Crippen LogP contribution in [0.15, 0.2) is 16.6 Å². The number of amides is 1. The highest BCUT2D eigenvalue weighted by atomic mass is 79.9. The van der Waals surface area contributed by atoms with Crippen LogP contribution in [0.3, 0.4) is 0 Å². The Morgan fingerprint density at radius 1 is 1.59 bits per heavy atom. The number of carbonyl (C=O) groups excluding carboxylic acids is 1. The highest BCUT2D eigenvalue weighted by Crippen LogP contribution is 2.40. The molecule has 1 aromatic rings. The van der Waals surface area contributed by atoms with E-state index in [1.54, 1.807) is 12.1 Å². The molecule has 0 radical (unpaired) electrons. The molecule has 0 aliphatic carbocycles. The Morgan fingerprint density at radius 2 is 2.35 bits per heavy atom. The molecule has 1 aliphatic heterocycles. The number of phenols is 1. The topological polar surface area (TPSA) is 61.4 Å². The Labute approximate surface area is 109 Å². The lowest BCUT2D eigenvalue weighted by molar-refractivity contribution is -0.114. The Bertz CT molecular complexity index is 442. The van der Waals surface area contributed by atoms with E-state index < -0.39 is 0 Å². The molecule has 2 rings (SSSR count). The first-order valence-electron chi connectivity index (χ1n) is 5.62. The summed E-state index contributed by atoms with van der Waals surface area (Å²) >= 11 is 3.48. The standard InChI is InChI=1S/C12H15BrN2O2/c1-7(16)15-12-10(17)5-4-8(13)11(12)9-3-2-6-14-9/h4-5,9,14,17H,2-3,6H2,1H3,(H,15,16). The number of carbonyl (C=O) groups is 1. The zero-order valence-corrected chi connectivity index (χ0v) is 11.2. The predicted molar refractivity (Wildman–Crippen MR) is 70.1 cm³/mol. The second kappa shape index (κ2) is 5.06. The first-order chi connectivity index (χ1) is 8.09. The van der Waals surface area contributed by atoms with Gasteiger partial charge in [0, 0.05) is 23.0 Å². The number of nitrogens with one attached hydrogen (secondary N) is 2. The monoisotopic (exact) mass is 298 g/mol. The van der Waals surface area contributed by atoms with E-state index in [0.717, 1.165) is 29.4 Å². The van der Waals surface area contributed by atoms with Crippen LogP contribution >= 0.6 is 15.9 Å². The quantitative estimate of drug-likeness (QED) is 0.735. The van der Waals surface area contributed by atoms with Gasteiger partial charge in [0.2, 0.25) is 5.91 Å². The first-order valence-corrected chi connectivity index (χ1v) is 6.41. The van der Waals surface area contributed by atoms with Crippen molar-refractivity contribution in [2.75, 3.05) is 11.9 Å². The Kier molecular flexibility index (Phi) is 3.69. The van der Waals surface area contributed by atoms with Gasteiger partial charge in [-0.25, -0.2) is 0 Å². The van der Waals surface area contributed by atoms with Gasteiger partial charge in [-0.15, -0.1) is 0 Å². The Morgan fingerprint density at radius 3 is 2.94 bits per heavy atom. The minimum Gasteiger partial charge on any atom is -0.506 e. The molecule has 0 saturated carbocycles. The maximum Gasteiger partial charge on any atom is 0.221 e. The van der Waals surface area contributed by atoms with Crippen LogP contribution in [0.1, 0.15) is 31.4 Å². The van der Waals surface area contributed by atoms with Crippen molar-refractivity contribution in [2.24, 2.45) is 0 Å². The molecule has 1 amide bonds. The van der Waals surface area contributed by atoms with Crippen molar-refractivity contribution in [3.05, 3.63) is 22.2 Å². The molecule has 3 N–H and O–H groups in total. The molecule has 0 spiro atoms. The van der Waals surface area contributed by atoms with Gasteiger partial charge in [0.05, 0.1) is 5.69 Å². The van der Waals surface area contributed by atoms with E-state index in [1.807, 2.05) is 0 Å². The van der Waals surface area contributed by atoms with Crippen LogP contribution in [0.5, 0.6) is 5.75 Å². The van der Waals surface area contributed by atoms with Crippen molar-refractivity contribution in [1.82, 2.24) is 5.32 Å². The molecule has 0 aromatic heterocycles. The van der Waals surface area contributed by atoms with Gasteiger partial charge in [-0.2, -0.15) is 0 Å². The van der Waals surface area contributed by atoms with Gasteiger partial charge >= 0.3 is 0 Å². The van der Waals surface area contributed by atoms with Crippen LogP contribution in [-0.4, -0.2) is 17.6 Å². The lowest BCUT2D eigenvalue weighted by Crippen LogP contribution is -2.17. The molecular formula is C12H15BrN2O2. The lowest BCUT2D eigenvalue weighted by atomic mass is 10.0. The normalized spacial score (nSPS) is 19.3. The molecule has 0 bridgehead atoms. The molecule has 1 fully saturated rings. The molecule has 1 saturated heterocycles. The minimum absolute atomic E-state index is 0.104. The number of aromatic hydroxyl groups is 1. The summed E-state index contributed by atoms with van der Waals surface area (Å²) in [7, 11) is 0. The van der Waals surface area contributed by atoms with E-state index in [-0.39, 0.29) is 17.7 Å². The fourth-order valence-corrected chi connectivity index (χ4v) is 2.77. The molecule has 92 valence electrons. The zero-order chi connectivity index (χ0) is 12.4. The van der Waals surface area contributed by atoms with Crippen LogP contribution < -0.4 is 10.6 Å². The fraction of sp³-hybridized carbons (Fsp3) is 0.417. The number of rotatable bonds is 2. The third-order valence-electron chi connectivity index (χ3n) is 2.88. The van der Waals surface area contributed by atoms with Crippen LogP contribution in [0, 0.1) is 0 Å².